The number of nitrogens with zero attached hydrogens (tertiary/aromatic N) is 1. The third-order valence-corrected chi connectivity index (χ3v) is 4.22. The lowest BCUT2D eigenvalue weighted by atomic mass is 10.1. The maximum absolute atomic E-state index is 5.54. The minimum absolute atomic E-state index is 0.654. The van der Waals surface area contributed by atoms with Crippen molar-refractivity contribution >= 4 is 27.0 Å². The third kappa shape index (κ3) is 2.68. The predicted molar refractivity (Wildman–Crippen MR) is 89.9 cm³/mol. The number of hydrogen-bond acceptors (Lipinski definition) is 2. The van der Waals surface area contributed by atoms with Crippen molar-refractivity contribution in [2.45, 2.75) is 20.8 Å². The highest BCUT2D eigenvalue weighted by molar-refractivity contribution is 9.10. The number of aromatic nitrogens is 2. The molecular formula is C17H17BrN2O. The quantitative estimate of drug-likeness (QED) is 0.725. The van der Waals surface area contributed by atoms with Gasteiger partial charge >= 0.3 is 0 Å². The number of H-pyrrole nitrogens is 1. The molecule has 0 saturated heterocycles. The molecule has 0 amide bonds. The first-order chi connectivity index (χ1) is 10.1. The van der Waals surface area contributed by atoms with Crippen LogP contribution in [0.15, 0.2) is 34.8 Å². The number of imidazole rings is 1. The first-order valence-electron chi connectivity index (χ1n) is 6.98. The van der Waals surface area contributed by atoms with E-state index in [-0.39, 0.29) is 0 Å². The van der Waals surface area contributed by atoms with Gasteiger partial charge in [0.2, 0.25) is 0 Å². The zero-order valence-electron chi connectivity index (χ0n) is 12.3. The Kier molecular flexibility index (Phi) is 3.72. The monoisotopic (exact) mass is 344 g/mol. The van der Waals surface area contributed by atoms with Gasteiger partial charge in [0.25, 0.3) is 0 Å². The molecule has 0 spiro atoms. The van der Waals surface area contributed by atoms with Crippen molar-refractivity contribution in [1.29, 1.82) is 0 Å². The molecule has 0 aliphatic rings. The molecule has 0 aliphatic carbocycles. The van der Waals surface area contributed by atoms with Crippen molar-refractivity contribution in [3.63, 3.8) is 0 Å². The van der Waals surface area contributed by atoms with Crippen LogP contribution in [0.1, 0.15) is 18.1 Å². The molecule has 3 rings (SSSR count). The fraction of sp³-hybridized carbons (Fsp3) is 0.235. The van der Waals surface area contributed by atoms with E-state index >= 15 is 0 Å². The molecule has 2 aromatic carbocycles. The van der Waals surface area contributed by atoms with Crippen LogP contribution >= 0.6 is 15.9 Å². The van der Waals surface area contributed by atoms with Crippen LogP contribution in [0.3, 0.4) is 0 Å². The number of nitrogens with one attached hydrogen (secondary N) is 1. The van der Waals surface area contributed by atoms with Crippen molar-refractivity contribution in [1.82, 2.24) is 9.97 Å². The predicted octanol–water partition coefficient (Wildman–Crippen LogP) is 5.01. The summed E-state index contributed by atoms with van der Waals surface area (Å²) in [6, 6.07) is 10.3. The second kappa shape index (κ2) is 5.53. The van der Waals surface area contributed by atoms with Crippen LogP contribution in [0, 0.1) is 13.8 Å². The summed E-state index contributed by atoms with van der Waals surface area (Å²) in [7, 11) is 0. The first-order valence-corrected chi connectivity index (χ1v) is 7.77. The van der Waals surface area contributed by atoms with Crippen LogP contribution in [0.2, 0.25) is 0 Å². The normalized spacial score (nSPS) is 11.0. The summed E-state index contributed by atoms with van der Waals surface area (Å²) >= 11 is 3.55. The number of rotatable bonds is 3. The van der Waals surface area contributed by atoms with Crippen molar-refractivity contribution in [2.75, 3.05) is 6.61 Å². The molecule has 3 nitrogen and oxygen atoms in total. The molecule has 0 atom stereocenters. The lowest BCUT2D eigenvalue weighted by molar-refractivity contribution is 0.338. The van der Waals surface area contributed by atoms with Crippen LogP contribution in [0.25, 0.3) is 22.4 Å². The Morgan fingerprint density at radius 1 is 1.14 bits per heavy atom. The molecule has 21 heavy (non-hydrogen) atoms. The molecule has 0 saturated carbocycles. The lowest BCUT2D eigenvalue weighted by Crippen LogP contribution is -1.92. The molecular weight excluding hydrogens is 328 g/mol. The summed E-state index contributed by atoms with van der Waals surface area (Å²) in [5.41, 5.74) is 5.63. The highest BCUT2D eigenvalue weighted by Crippen LogP contribution is 2.30. The van der Waals surface area contributed by atoms with E-state index in [0.29, 0.717) is 6.61 Å². The highest BCUT2D eigenvalue weighted by atomic mass is 79.9. The Hall–Kier alpha value is -1.81. The summed E-state index contributed by atoms with van der Waals surface area (Å²) in [4.78, 5) is 8.07. The molecule has 3 aromatic rings. The van der Waals surface area contributed by atoms with Gasteiger partial charge in [-0.05, 0) is 78.2 Å². The third-order valence-electron chi connectivity index (χ3n) is 3.60. The molecule has 0 bridgehead atoms. The van der Waals surface area contributed by atoms with Gasteiger partial charge in [0, 0.05) is 5.56 Å². The van der Waals surface area contributed by atoms with Gasteiger partial charge < -0.3 is 9.72 Å². The number of hydrogen-bond donors (Lipinski definition) is 1. The van der Waals surface area contributed by atoms with Gasteiger partial charge in [0.05, 0.1) is 22.1 Å². The number of aromatic amines is 1. The molecule has 0 fully saturated rings. The average Bonchev–Trinajstić information content (AvgIpc) is 2.84. The van der Waals surface area contributed by atoms with Gasteiger partial charge in [-0.2, -0.15) is 0 Å². The van der Waals surface area contributed by atoms with E-state index in [9.17, 15) is 0 Å². The van der Waals surface area contributed by atoms with Gasteiger partial charge in [0.1, 0.15) is 11.6 Å². The van der Waals surface area contributed by atoms with E-state index in [2.05, 4.69) is 51.9 Å². The van der Waals surface area contributed by atoms with Crippen LogP contribution < -0.4 is 4.74 Å². The number of ether oxygens (including phenoxy) is 1. The topological polar surface area (TPSA) is 37.9 Å². The summed E-state index contributed by atoms with van der Waals surface area (Å²) in [6.45, 7) is 6.85. The van der Waals surface area contributed by atoms with Crippen molar-refractivity contribution in [3.05, 3.63) is 45.9 Å². The van der Waals surface area contributed by atoms with Gasteiger partial charge in [-0.1, -0.05) is 0 Å². The second-order valence-corrected chi connectivity index (χ2v) is 5.97. The molecule has 108 valence electrons. The van der Waals surface area contributed by atoms with Gasteiger partial charge in [-0.3, -0.25) is 0 Å². The van der Waals surface area contributed by atoms with Gasteiger partial charge in [0.15, 0.2) is 0 Å². The summed E-state index contributed by atoms with van der Waals surface area (Å²) < 4.78 is 6.48. The number of fused-ring (bicyclic) bond motifs is 1. The smallest absolute Gasteiger partial charge is 0.138 e. The van der Waals surface area contributed by atoms with Crippen LogP contribution in [-0.4, -0.2) is 16.6 Å². The van der Waals surface area contributed by atoms with E-state index in [4.69, 9.17) is 4.74 Å². The van der Waals surface area contributed by atoms with Gasteiger partial charge in [-0.25, -0.2) is 4.98 Å². The largest absolute Gasteiger partial charge is 0.493 e. The van der Waals surface area contributed by atoms with Crippen molar-refractivity contribution in [2.24, 2.45) is 0 Å². The summed E-state index contributed by atoms with van der Waals surface area (Å²) in [5.74, 6) is 1.72. The second-order valence-electron chi connectivity index (χ2n) is 5.12. The highest BCUT2D eigenvalue weighted by Gasteiger charge is 2.09. The van der Waals surface area contributed by atoms with Crippen molar-refractivity contribution < 1.29 is 4.74 Å². The van der Waals surface area contributed by atoms with Crippen molar-refractivity contribution in [3.8, 4) is 17.1 Å². The Morgan fingerprint density at radius 2 is 1.90 bits per heavy atom. The van der Waals surface area contributed by atoms with E-state index in [1.54, 1.807) is 0 Å². The maximum Gasteiger partial charge on any atom is 0.138 e. The molecule has 1 aromatic heterocycles. The Bertz CT molecular complexity index is 769. The minimum Gasteiger partial charge on any atom is -0.493 e. The fourth-order valence-electron chi connectivity index (χ4n) is 2.33. The van der Waals surface area contributed by atoms with Gasteiger partial charge in [-0.15, -0.1) is 0 Å². The van der Waals surface area contributed by atoms with Crippen LogP contribution in [0.5, 0.6) is 5.75 Å². The first kappa shape index (κ1) is 14.1. The molecule has 0 aliphatic heterocycles. The Balaban J connectivity index is 2.06. The fourth-order valence-corrected chi connectivity index (χ4v) is 2.82. The Morgan fingerprint density at radius 3 is 2.62 bits per heavy atom. The van der Waals surface area contributed by atoms with E-state index in [1.165, 1.54) is 11.1 Å². The lowest BCUT2D eigenvalue weighted by Gasteiger charge is -2.06. The number of benzene rings is 2. The van der Waals surface area contributed by atoms with E-state index in [1.807, 2.05) is 25.1 Å². The average molecular weight is 345 g/mol. The Labute approximate surface area is 132 Å². The van der Waals surface area contributed by atoms with Crippen LogP contribution in [-0.2, 0) is 0 Å². The standard InChI is InChI=1S/C17H17BrN2O/c1-4-21-16-6-5-12(9-13(16)18)17-19-14-7-10(2)11(3)8-15(14)20-17/h5-9H,4H2,1-3H3,(H,19,20). The van der Waals surface area contributed by atoms with E-state index in [0.717, 1.165) is 32.6 Å². The molecule has 0 unspecified atom stereocenters. The zero-order chi connectivity index (χ0) is 15.0. The summed E-state index contributed by atoms with van der Waals surface area (Å²) in [6.07, 6.45) is 0. The zero-order valence-corrected chi connectivity index (χ0v) is 13.9. The SMILES string of the molecule is CCOc1ccc(-c2nc3cc(C)c(C)cc3[nH]2)cc1Br. The maximum atomic E-state index is 5.54. The number of aryl methyl sites for hydroxylation is 2. The molecule has 1 heterocycles. The van der Waals surface area contributed by atoms with Crippen LogP contribution in [0.4, 0.5) is 0 Å². The minimum atomic E-state index is 0.654. The molecule has 4 heteroatoms. The molecule has 0 radical (unpaired) electrons. The summed E-state index contributed by atoms with van der Waals surface area (Å²) in [5, 5.41) is 0. The van der Waals surface area contributed by atoms with E-state index < -0.39 is 0 Å². The number of halogens is 1. The molecule has 1 N–H and O–H groups in total.